The number of methoxy groups -OCH3 is 1. The summed E-state index contributed by atoms with van der Waals surface area (Å²) in [6, 6.07) is 13.6. The van der Waals surface area contributed by atoms with Crippen molar-refractivity contribution in [3.63, 3.8) is 0 Å². The standard InChI is InChI=1S/C23H22N2O5/c1-4-23(16-9-10-18(29-3)14(2)11-16)21(27)25(22(28)24-23)13-17(26)20-12-15-7-5-6-8-19(15)30-20/h5-12H,4,13H2,1-3H3,(H,24,28). The second-order valence-corrected chi connectivity index (χ2v) is 7.34. The van der Waals surface area contributed by atoms with Gasteiger partial charge in [0.2, 0.25) is 5.78 Å². The number of Topliss-reactive ketones (excluding diaryl/α,β-unsaturated/α-hetero) is 1. The number of para-hydroxylation sites is 1. The van der Waals surface area contributed by atoms with Crippen molar-refractivity contribution in [1.29, 1.82) is 0 Å². The molecule has 2 heterocycles. The van der Waals surface area contributed by atoms with Crippen LogP contribution in [0.3, 0.4) is 0 Å². The summed E-state index contributed by atoms with van der Waals surface area (Å²) in [5.41, 5.74) is 0.860. The molecule has 0 radical (unpaired) electrons. The lowest BCUT2D eigenvalue weighted by molar-refractivity contribution is -0.131. The Bertz CT molecular complexity index is 1130. The van der Waals surface area contributed by atoms with Gasteiger partial charge in [0, 0.05) is 5.39 Å². The number of furan rings is 1. The van der Waals surface area contributed by atoms with Gasteiger partial charge in [0.25, 0.3) is 5.91 Å². The Labute approximate surface area is 173 Å². The fraction of sp³-hybridized carbons (Fsp3) is 0.261. The van der Waals surface area contributed by atoms with Gasteiger partial charge in [-0.2, -0.15) is 0 Å². The van der Waals surface area contributed by atoms with E-state index in [0.29, 0.717) is 23.3 Å². The molecule has 3 aromatic rings. The van der Waals surface area contributed by atoms with Crippen LogP contribution in [0.1, 0.15) is 35.0 Å². The second kappa shape index (κ2) is 7.33. The summed E-state index contributed by atoms with van der Waals surface area (Å²) in [4.78, 5) is 39.7. The average Bonchev–Trinajstić information content (AvgIpc) is 3.28. The number of imide groups is 1. The summed E-state index contributed by atoms with van der Waals surface area (Å²) in [5.74, 6) is -0.0821. The molecule has 0 aliphatic carbocycles. The summed E-state index contributed by atoms with van der Waals surface area (Å²) in [6.45, 7) is 3.31. The lowest BCUT2D eigenvalue weighted by Crippen LogP contribution is -2.44. The van der Waals surface area contributed by atoms with E-state index in [1.807, 2.05) is 38.1 Å². The van der Waals surface area contributed by atoms with Crippen molar-refractivity contribution in [3.05, 3.63) is 65.4 Å². The molecule has 2 aromatic carbocycles. The summed E-state index contributed by atoms with van der Waals surface area (Å²) in [5, 5.41) is 3.58. The van der Waals surface area contributed by atoms with Crippen molar-refractivity contribution in [3.8, 4) is 5.75 Å². The molecule has 0 bridgehead atoms. The van der Waals surface area contributed by atoms with Crippen LogP contribution in [0.15, 0.2) is 52.9 Å². The second-order valence-electron chi connectivity index (χ2n) is 7.34. The first-order valence-corrected chi connectivity index (χ1v) is 9.70. The first kappa shape index (κ1) is 19.7. The first-order valence-electron chi connectivity index (χ1n) is 9.70. The number of nitrogens with one attached hydrogen (secondary N) is 1. The zero-order chi connectivity index (χ0) is 21.5. The summed E-state index contributed by atoms with van der Waals surface area (Å²) < 4.78 is 10.9. The molecule has 30 heavy (non-hydrogen) atoms. The number of rotatable bonds is 6. The molecule has 1 aliphatic heterocycles. The molecule has 1 N–H and O–H groups in total. The summed E-state index contributed by atoms with van der Waals surface area (Å²) in [6.07, 6.45) is 0.346. The molecule has 3 amide bonds. The van der Waals surface area contributed by atoms with Gasteiger partial charge in [-0.25, -0.2) is 4.79 Å². The zero-order valence-electron chi connectivity index (χ0n) is 17.0. The monoisotopic (exact) mass is 406 g/mol. The number of hydrogen-bond acceptors (Lipinski definition) is 5. The Balaban J connectivity index is 1.62. The van der Waals surface area contributed by atoms with Crippen LogP contribution in [0.25, 0.3) is 11.0 Å². The van der Waals surface area contributed by atoms with Crippen molar-refractivity contribution >= 4 is 28.7 Å². The Hall–Kier alpha value is -3.61. The van der Waals surface area contributed by atoms with Crippen LogP contribution >= 0.6 is 0 Å². The molecular weight excluding hydrogens is 384 g/mol. The van der Waals surface area contributed by atoms with Gasteiger partial charge in [0.1, 0.15) is 16.9 Å². The minimum atomic E-state index is -1.22. The van der Waals surface area contributed by atoms with Gasteiger partial charge in [-0.15, -0.1) is 0 Å². The minimum absolute atomic E-state index is 0.117. The van der Waals surface area contributed by atoms with Crippen molar-refractivity contribution in [2.24, 2.45) is 0 Å². The zero-order valence-corrected chi connectivity index (χ0v) is 17.0. The normalized spacial score (nSPS) is 18.7. The van der Waals surface area contributed by atoms with Gasteiger partial charge in [-0.05, 0) is 48.7 Å². The highest BCUT2D eigenvalue weighted by molar-refractivity contribution is 6.11. The largest absolute Gasteiger partial charge is 0.496 e. The number of fused-ring (bicyclic) bond motifs is 1. The number of urea groups is 1. The Morgan fingerprint density at radius 2 is 1.93 bits per heavy atom. The molecule has 4 rings (SSSR count). The van der Waals surface area contributed by atoms with E-state index in [1.54, 1.807) is 31.4 Å². The maximum atomic E-state index is 13.3. The van der Waals surface area contributed by atoms with E-state index in [-0.39, 0.29) is 12.3 Å². The molecule has 7 nitrogen and oxygen atoms in total. The third-order valence-electron chi connectivity index (χ3n) is 5.60. The number of carbonyl (C=O) groups excluding carboxylic acids is 3. The van der Waals surface area contributed by atoms with Gasteiger partial charge in [0.05, 0.1) is 13.7 Å². The van der Waals surface area contributed by atoms with Crippen LogP contribution in [-0.4, -0.2) is 36.3 Å². The predicted octanol–water partition coefficient (Wildman–Crippen LogP) is 3.79. The number of ether oxygens (including phenoxy) is 1. The number of ketones is 1. The number of nitrogens with zero attached hydrogens (tertiary/aromatic N) is 1. The molecular formula is C23H22N2O5. The molecule has 1 atom stereocenters. The molecule has 154 valence electrons. The van der Waals surface area contributed by atoms with Gasteiger partial charge in [-0.1, -0.05) is 31.2 Å². The van der Waals surface area contributed by atoms with E-state index in [1.165, 1.54) is 0 Å². The third kappa shape index (κ3) is 3.03. The van der Waals surface area contributed by atoms with E-state index in [2.05, 4.69) is 5.32 Å². The van der Waals surface area contributed by atoms with E-state index in [9.17, 15) is 14.4 Å². The fourth-order valence-corrected chi connectivity index (χ4v) is 3.89. The number of carbonyl (C=O) groups is 3. The van der Waals surface area contributed by atoms with Crippen molar-refractivity contribution in [2.45, 2.75) is 25.8 Å². The smallest absolute Gasteiger partial charge is 0.325 e. The molecule has 0 saturated carbocycles. The average molecular weight is 406 g/mol. The van der Waals surface area contributed by atoms with Crippen LogP contribution in [0.4, 0.5) is 4.79 Å². The van der Waals surface area contributed by atoms with Gasteiger partial charge < -0.3 is 14.5 Å². The minimum Gasteiger partial charge on any atom is -0.496 e. The quantitative estimate of drug-likeness (QED) is 0.497. The lowest BCUT2D eigenvalue weighted by Gasteiger charge is -2.26. The first-order chi connectivity index (χ1) is 14.4. The SMILES string of the molecule is CCC1(c2ccc(OC)c(C)c2)NC(=O)N(CC(=O)c2cc3ccccc3o2)C1=O. The maximum Gasteiger partial charge on any atom is 0.325 e. The summed E-state index contributed by atoms with van der Waals surface area (Å²) in [7, 11) is 1.57. The Morgan fingerprint density at radius 3 is 2.60 bits per heavy atom. The van der Waals surface area contributed by atoms with Crippen molar-refractivity contribution in [2.75, 3.05) is 13.7 Å². The van der Waals surface area contributed by atoms with Crippen LogP contribution < -0.4 is 10.1 Å². The van der Waals surface area contributed by atoms with E-state index >= 15 is 0 Å². The third-order valence-corrected chi connectivity index (χ3v) is 5.60. The highest BCUT2D eigenvalue weighted by atomic mass is 16.5. The number of amides is 3. The van der Waals surface area contributed by atoms with Crippen molar-refractivity contribution in [1.82, 2.24) is 10.2 Å². The summed E-state index contributed by atoms with van der Waals surface area (Å²) >= 11 is 0. The van der Waals surface area contributed by atoms with Crippen LogP contribution in [0.2, 0.25) is 0 Å². The van der Waals surface area contributed by atoms with E-state index in [0.717, 1.165) is 15.8 Å². The highest BCUT2D eigenvalue weighted by Crippen LogP contribution is 2.35. The number of aryl methyl sites for hydroxylation is 1. The lowest BCUT2D eigenvalue weighted by atomic mass is 9.86. The van der Waals surface area contributed by atoms with Gasteiger partial charge in [-0.3, -0.25) is 14.5 Å². The Morgan fingerprint density at radius 1 is 1.17 bits per heavy atom. The molecule has 0 spiro atoms. The molecule has 1 aliphatic rings. The van der Waals surface area contributed by atoms with E-state index < -0.39 is 23.3 Å². The number of hydrogen-bond donors (Lipinski definition) is 1. The number of benzene rings is 2. The van der Waals surface area contributed by atoms with Crippen LogP contribution in [-0.2, 0) is 10.3 Å². The van der Waals surface area contributed by atoms with Crippen molar-refractivity contribution < 1.29 is 23.5 Å². The maximum absolute atomic E-state index is 13.3. The van der Waals surface area contributed by atoms with Gasteiger partial charge >= 0.3 is 6.03 Å². The highest BCUT2D eigenvalue weighted by Gasteiger charge is 2.51. The topological polar surface area (TPSA) is 88.8 Å². The van der Waals surface area contributed by atoms with E-state index in [4.69, 9.17) is 9.15 Å². The molecule has 7 heteroatoms. The molecule has 1 unspecified atom stereocenters. The van der Waals surface area contributed by atoms with Crippen LogP contribution in [0.5, 0.6) is 5.75 Å². The van der Waals surface area contributed by atoms with Crippen LogP contribution in [0, 0.1) is 6.92 Å². The fourth-order valence-electron chi connectivity index (χ4n) is 3.89. The molecule has 1 aromatic heterocycles. The Kier molecular flexibility index (Phi) is 4.81. The molecule has 1 saturated heterocycles. The predicted molar refractivity (Wildman–Crippen MR) is 110 cm³/mol. The van der Waals surface area contributed by atoms with Gasteiger partial charge in [0.15, 0.2) is 5.76 Å². The molecule has 1 fully saturated rings.